The van der Waals surface area contributed by atoms with E-state index in [-0.39, 0.29) is 10.5 Å². The first kappa shape index (κ1) is 14.0. The predicted octanol–water partition coefficient (Wildman–Crippen LogP) is 4.55. The minimum Gasteiger partial charge on any atom is -0.185 e. The number of aryl methyl sites for hydroxylation is 1. The third kappa shape index (κ3) is 3.43. The molecule has 0 aliphatic carbocycles. The summed E-state index contributed by atoms with van der Waals surface area (Å²) in [5.41, 5.74) is 3.53. The van der Waals surface area contributed by atoms with Gasteiger partial charge in [0.2, 0.25) is 0 Å². The number of benzene rings is 1. The molecule has 0 fully saturated rings. The quantitative estimate of drug-likeness (QED) is 0.747. The van der Waals surface area contributed by atoms with E-state index in [1.54, 1.807) is 0 Å². The number of thiocyanates is 2. The van der Waals surface area contributed by atoms with Crippen LogP contribution in [0.1, 0.15) is 41.0 Å². The van der Waals surface area contributed by atoms with Crippen LogP contribution < -0.4 is 0 Å². The first-order chi connectivity index (χ1) is 8.11. The molecule has 0 aliphatic heterocycles. The Balaban J connectivity index is 3.18. The summed E-state index contributed by atoms with van der Waals surface area (Å²) in [6.07, 6.45) is 0. The molecule has 0 saturated carbocycles. The molecular weight excluding hydrogens is 248 g/mol. The average molecular weight is 262 g/mol. The maximum atomic E-state index is 8.78. The van der Waals surface area contributed by atoms with E-state index in [1.165, 1.54) is 34.7 Å². The first-order valence-electron chi connectivity index (χ1n) is 5.30. The zero-order valence-corrected chi connectivity index (χ0v) is 11.7. The van der Waals surface area contributed by atoms with Crippen molar-refractivity contribution in [2.24, 2.45) is 0 Å². The third-order valence-corrected chi connectivity index (χ3v) is 4.07. The van der Waals surface area contributed by atoms with Crippen molar-refractivity contribution in [3.8, 4) is 10.8 Å². The molecule has 0 aromatic heterocycles. The zero-order chi connectivity index (χ0) is 12.8. The second kappa shape index (κ2) is 6.59. The van der Waals surface area contributed by atoms with Crippen molar-refractivity contribution in [1.82, 2.24) is 0 Å². The summed E-state index contributed by atoms with van der Waals surface area (Å²) in [4.78, 5) is 0. The van der Waals surface area contributed by atoms with Gasteiger partial charge in [-0.3, -0.25) is 0 Å². The van der Waals surface area contributed by atoms with E-state index in [1.807, 2.05) is 26.0 Å². The van der Waals surface area contributed by atoms with Gasteiger partial charge in [0.15, 0.2) is 0 Å². The second-order valence-corrected chi connectivity index (χ2v) is 6.03. The van der Waals surface area contributed by atoms with Gasteiger partial charge in [0.1, 0.15) is 10.8 Å². The van der Waals surface area contributed by atoms with Gasteiger partial charge in [-0.1, -0.05) is 18.2 Å². The summed E-state index contributed by atoms with van der Waals surface area (Å²) < 4.78 is 0. The largest absolute Gasteiger partial charge is 0.185 e. The fourth-order valence-electron chi connectivity index (χ4n) is 1.89. The molecule has 0 aliphatic rings. The zero-order valence-electron chi connectivity index (χ0n) is 10.1. The number of nitriles is 2. The van der Waals surface area contributed by atoms with Crippen LogP contribution in [0.15, 0.2) is 18.2 Å². The highest BCUT2D eigenvalue weighted by Crippen LogP contribution is 2.38. The van der Waals surface area contributed by atoms with E-state index >= 15 is 0 Å². The smallest absolute Gasteiger partial charge is 0.133 e. The Kier molecular flexibility index (Phi) is 5.41. The number of hydrogen-bond donors (Lipinski definition) is 0. The molecule has 2 nitrogen and oxygen atoms in total. The highest BCUT2D eigenvalue weighted by Gasteiger charge is 2.18. The number of hydrogen-bond acceptors (Lipinski definition) is 4. The molecule has 0 saturated heterocycles. The van der Waals surface area contributed by atoms with Gasteiger partial charge in [0.25, 0.3) is 0 Å². The summed E-state index contributed by atoms with van der Waals surface area (Å²) >= 11 is 2.52. The molecular formula is C13H14N2S2. The standard InChI is InChI=1S/C13H14N2S2/c1-9-5-4-6-12(10(2)16-7-14)13(9)11(3)17-8-15/h4-6,10-11H,1-3H3. The van der Waals surface area contributed by atoms with Crippen LogP contribution in [0.2, 0.25) is 0 Å². The van der Waals surface area contributed by atoms with Gasteiger partial charge in [0, 0.05) is 10.5 Å². The SMILES string of the molecule is Cc1cccc(C(C)SC#N)c1C(C)SC#N. The van der Waals surface area contributed by atoms with Crippen molar-refractivity contribution in [2.45, 2.75) is 31.3 Å². The molecule has 0 spiro atoms. The van der Waals surface area contributed by atoms with Crippen LogP contribution in [-0.2, 0) is 0 Å². The van der Waals surface area contributed by atoms with Gasteiger partial charge in [-0.05, 0) is 61.0 Å². The maximum absolute atomic E-state index is 8.78. The van der Waals surface area contributed by atoms with Crippen LogP contribution in [-0.4, -0.2) is 0 Å². The molecule has 0 bridgehead atoms. The van der Waals surface area contributed by atoms with Gasteiger partial charge in [-0.25, -0.2) is 0 Å². The lowest BCUT2D eigenvalue weighted by Gasteiger charge is -2.19. The fourth-order valence-corrected chi connectivity index (χ4v) is 2.98. The summed E-state index contributed by atoms with van der Waals surface area (Å²) in [7, 11) is 0. The van der Waals surface area contributed by atoms with E-state index in [2.05, 4.69) is 23.8 Å². The molecule has 88 valence electrons. The van der Waals surface area contributed by atoms with Crippen molar-refractivity contribution in [1.29, 1.82) is 10.5 Å². The average Bonchev–Trinajstić information content (AvgIpc) is 2.29. The Morgan fingerprint density at radius 2 is 1.65 bits per heavy atom. The van der Waals surface area contributed by atoms with Crippen molar-refractivity contribution in [2.75, 3.05) is 0 Å². The molecule has 0 N–H and O–H groups in total. The monoisotopic (exact) mass is 262 g/mol. The summed E-state index contributed by atoms with van der Waals surface area (Å²) in [5.74, 6) is 0. The van der Waals surface area contributed by atoms with Crippen LogP contribution in [0.4, 0.5) is 0 Å². The highest BCUT2D eigenvalue weighted by molar-refractivity contribution is 8.04. The third-order valence-electron chi connectivity index (χ3n) is 2.66. The predicted molar refractivity (Wildman–Crippen MR) is 74.4 cm³/mol. The Morgan fingerprint density at radius 3 is 2.24 bits per heavy atom. The first-order valence-corrected chi connectivity index (χ1v) is 7.06. The lowest BCUT2D eigenvalue weighted by atomic mass is 9.97. The minimum absolute atomic E-state index is 0.136. The topological polar surface area (TPSA) is 47.6 Å². The van der Waals surface area contributed by atoms with E-state index in [0.29, 0.717) is 0 Å². The minimum atomic E-state index is 0.136. The molecule has 1 rings (SSSR count). The summed E-state index contributed by atoms with van der Waals surface area (Å²) in [6, 6.07) is 6.11. The molecule has 2 unspecified atom stereocenters. The summed E-state index contributed by atoms with van der Waals surface area (Å²) in [6.45, 7) is 6.11. The van der Waals surface area contributed by atoms with Crippen molar-refractivity contribution in [3.63, 3.8) is 0 Å². The van der Waals surface area contributed by atoms with Crippen molar-refractivity contribution in [3.05, 3.63) is 34.9 Å². The lowest BCUT2D eigenvalue weighted by Crippen LogP contribution is -2.01. The molecule has 17 heavy (non-hydrogen) atoms. The number of thioether (sulfide) groups is 2. The second-order valence-electron chi connectivity index (χ2n) is 3.78. The molecule has 2 atom stereocenters. The normalized spacial score (nSPS) is 13.5. The molecule has 1 aromatic carbocycles. The van der Waals surface area contributed by atoms with E-state index < -0.39 is 0 Å². The molecule has 1 aromatic rings. The Morgan fingerprint density at radius 1 is 1.06 bits per heavy atom. The van der Waals surface area contributed by atoms with Gasteiger partial charge >= 0.3 is 0 Å². The Labute approximate surface area is 111 Å². The highest BCUT2D eigenvalue weighted by atomic mass is 32.2. The van der Waals surface area contributed by atoms with Crippen molar-refractivity contribution >= 4 is 23.5 Å². The van der Waals surface area contributed by atoms with Crippen LogP contribution in [0.3, 0.4) is 0 Å². The van der Waals surface area contributed by atoms with Gasteiger partial charge in [0.05, 0.1) is 0 Å². The van der Waals surface area contributed by atoms with Crippen LogP contribution in [0.5, 0.6) is 0 Å². The molecule has 0 radical (unpaired) electrons. The Bertz CT molecular complexity index is 471. The molecule has 4 heteroatoms. The Hall–Kier alpha value is -1.10. The van der Waals surface area contributed by atoms with Gasteiger partial charge in [-0.2, -0.15) is 10.5 Å². The van der Waals surface area contributed by atoms with Crippen LogP contribution >= 0.6 is 23.5 Å². The van der Waals surface area contributed by atoms with E-state index in [0.717, 1.165) is 5.56 Å². The van der Waals surface area contributed by atoms with Crippen molar-refractivity contribution < 1.29 is 0 Å². The molecule has 0 heterocycles. The maximum Gasteiger partial charge on any atom is 0.133 e. The molecule has 0 amide bonds. The van der Waals surface area contributed by atoms with E-state index in [9.17, 15) is 0 Å². The number of nitrogens with zero attached hydrogens (tertiary/aromatic N) is 2. The van der Waals surface area contributed by atoms with Crippen LogP contribution in [0, 0.1) is 28.3 Å². The van der Waals surface area contributed by atoms with Gasteiger partial charge in [-0.15, -0.1) is 0 Å². The lowest BCUT2D eigenvalue weighted by molar-refractivity contribution is 0.989. The van der Waals surface area contributed by atoms with E-state index in [4.69, 9.17) is 10.5 Å². The fraction of sp³-hybridized carbons (Fsp3) is 0.385. The number of rotatable bonds is 4. The van der Waals surface area contributed by atoms with Crippen LogP contribution in [0.25, 0.3) is 0 Å². The summed E-state index contributed by atoms with van der Waals surface area (Å²) in [5, 5.41) is 22.1. The van der Waals surface area contributed by atoms with Gasteiger partial charge < -0.3 is 0 Å².